The van der Waals surface area contributed by atoms with Gasteiger partial charge in [-0.15, -0.1) is 0 Å². The summed E-state index contributed by atoms with van der Waals surface area (Å²) in [5.41, 5.74) is 8.88. The summed E-state index contributed by atoms with van der Waals surface area (Å²) in [4.78, 5) is 8.67. The maximum absolute atomic E-state index is 5.73. The number of benzene rings is 1. The number of nitrogens with two attached hydrogens (primary N) is 1. The number of ether oxygens (including phenoxy) is 1. The molecule has 0 spiro atoms. The summed E-state index contributed by atoms with van der Waals surface area (Å²) < 4.78 is 5.41. The van der Waals surface area contributed by atoms with Crippen LogP contribution >= 0.6 is 0 Å². The van der Waals surface area contributed by atoms with Gasteiger partial charge < -0.3 is 15.8 Å². The molecule has 3 N–H and O–H groups in total. The normalized spacial score (nSPS) is 10.3. The van der Waals surface area contributed by atoms with Gasteiger partial charge in [-0.05, 0) is 25.0 Å². The van der Waals surface area contributed by atoms with Crippen molar-refractivity contribution in [3.8, 4) is 5.88 Å². The van der Waals surface area contributed by atoms with Crippen molar-refractivity contribution in [2.45, 2.75) is 26.9 Å². The molecule has 0 saturated carbocycles. The van der Waals surface area contributed by atoms with E-state index in [1.54, 1.807) is 0 Å². The summed E-state index contributed by atoms with van der Waals surface area (Å²) >= 11 is 0. The van der Waals surface area contributed by atoms with E-state index in [0.29, 0.717) is 31.5 Å². The van der Waals surface area contributed by atoms with Crippen molar-refractivity contribution in [2.75, 3.05) is 11.9 Å². The molecule has 0 fully saturated rings. The van der Waals surface area contributed by atoms with Gasteiger partial charge in [0, 0.05) is 24.8 Å². The molecule has 0 atom stereocenters. The lowest BCUT2D eigenvalue weighted by Crippen LogP contribution is -2.09. The SMILES string of the molecule is CCOc1cc(C)nc(NCc2ccccc2CN)n1. The van der Waals surface area contributed by atoms with Crippen LogP contribution in [0.5, 0.6) is 5.88 Å². The molecule has 0 aliphatic carbocycles. The van der Waals surface area contributed by atoms with Crippen molar-refractivity contribution in [3.05, 3.63) is 47.2 Å². The van der Waals surface area contributed by atoms with Crippen molar-refractivity contribution in [1.82, 2.24) is 9.97 Å². The van der Waals surface area contributed by atoms with Crippen LogP contribution in [0.15, 0.2) is 30.3 Å². The van der Waals surface area contributed by atoms with E-state index in [9.17, 15) is 0 Å². The maximum atomic E-state index is 5.73. The van der Waals surface area contributed by atoms with Gasteiger partial charge in [0.15, 0.2) is 0 Å². The van der Waals surface area contributed by atoms with E-state index in [0.717, 1.165) is 16.8 Å². The zero-order valence-corrected chi connectivity index (χ0v) is 11.9. The molecule has 20 heavy (non-hydrogen) atoms. The largest absolute Gasteiger partial charge is 0.478 e. The maximum Gasteiger partial charge on any atom is 0.226 e. The second-order valence-corrected chi connectivity index (χ2v) is 4.43. The Bertz CT molecular complexity index is 572. The topological polar surface area (TPSA) is 73.1 Å². The van der Waals surface area contributed by atoms with Crippen LogP contribution in [0, 0.1) is 6.92 Å². The van der Waals surface area contributed by atoms with Crippen LogP contribution < -0.4 is 15.8 Å². The van der Waals surface area contributed by atoms with Crippen LogP contribution in [0.1, 0.15) is 23.7 Å². The van der Waals surface area contributed by atoms with E-state index >= 15 is 0 Å². The number of hydrogen-bond donors (Lipinski definition) is 2. The third-order valence-corrected chi connectivity index (χ3v) is 2.90. The number of rotatable bonds is 6. The third kappa shape index (κ3) is 3.68. The molecule has 5 nitrogen and oxygen atoms in total. The molecule has 2 aromatic rings. The second-order valence-electron chi connectivity index (χ2n) is 4.43. The third-order valence-electron chi connectivity index (χ3n) is 2.90. The summed E-state index contributed by atoms with van der Waals surface area (Å²) in [6.45, 7) is 5.61. The van der Waals surface area contributed by atoms with E-state index in [1.165, 1.54) is 0 Å². The van der Waals surface area contributed by atoms with Crippen LogP contribution in [0.3, 0.4) is 0 Å². The van der Waals surface area contributed by atoms with Crippen LogP contribution in [0.2, 0.25) is 0 Å². The van der Waals surface area contributed by atoms with Gasteiger partial charge in [0.1, 0.15) is 0 Å². The predicted octanol–water partition coefficient (Wildman–Crippen LogP) is 2.25. The zero-order chi connectivity index (χ0) is 14.4. The number of aromatic nitrogens is 2. The zero-order valence-electron chi connectivity index (χ0n) is 11.9. The van der Waals surface area contributed by atoms with Crippen molar-refractivity contribution in [3.63, 3.8) is 0 Å². The molecular weight excluding hydrogens is 252 g/mol. The highest BCUT2D eigenvalue weighted by Crippen LogP contribution is 2.14. The van der Waals surface area contributed by atoms with E-state index in [1.807, 2.05) is 38.1 Å². The summed E-state index contributed by atoms with van der Waals surface area (Å²) in [6, 6.07) is 9.89. The van der Waals surface area contributed by atoms with Crippen molar-refractivity contribution >= 4 is 5.95 Å². The lowest BCUT2D eigenvalue weighted by atomic mass is 10.1. The molecule has 0 radical (unpaired) electrons. The Labute approximate surface area is 119 Å². The predicted molar refractivity (Wildman–Crippen MR) is 79.6 cm³/mol. The lowest BCUT2D eigenvalue weighted by molar-refractivity contribution is 0.326. The molecule has 2 rings (SSSR count). The molecule has 0 bridgehead atoms. The molecule has 0 aliphatic rings. The Kier molecular flexibility index (Phi) is 4.90. The average molecular weight is 272 g/mol. The molecular formula is C15H20N4O. The number of nitrogens with zero attached hydrogens (tertiary/aromatic N) is 2. The molecule has 0 amide bonds. The Morgan fingerprint density at radius 3 is 2.65 bits per heavy atom. The highest BCUT2D eigenvalue weighted by atomic mass is 16.5. The molecule has 106 valence electrons. The fourth-order valence-electron chi connectivity index (χ4n) is 1.94. The minimum Gasteiger partial charge on any atom is -0.478 e. The van der Waals surface area contributed by atoms with Crippen LogP contribution in [0.25, 0.3) is 0 Å². The van der Waals surface area contributed by atoms with Crippen molar-refractivity contribution in [2.24, 2.45) is 5.73 Å². The standard InChI is InChI=1S/C15H20N4O/c1-3-20-14-8-11(2)18-15(19-14)17-10-13-7-5-4-6-12(13)9-16/h4-8H,3,9-10,16H2,1-2H3,(H,17,18,19). The number of nitrogens with one attached hydrogen (secondary N) is 1. The fourth-order valence-corrected chi connectivity index (χ4v) is 1.94. The quantitative estimate of drug-likeness (QED) is 0.843. The van der Waals surface area contributed by atoms with Crippen LogP contribution in [0.4, 0.5) is 5.95 Å². The molecule has 0 unspecified atom stereocenters. The molecule has 0 saturated heterocycles. The van der Waals surface area contributed by atoms with E-state index in [2.05, 4.69) is 21.4 Å². The van der Waals surface area contributed by atoms with Gasteiger partial charge in [-0.2, -0.15) is 4.98 Å². The summed E-state index contributed by atoms with van der Waals surface area (Å²) in [7, 11) is 0. The summed E-state index contributed by atoms with van der Waals surface area (Å²) in [5.74, 6) is 1.16. The first-order chi connectivity index (χ1) is 9.72. The Balaban J connectivity index is 2.10. The van der Waals surface area contributed by atoms with Crippen molar-refractivity contribution in [1.29, 1.82) is 0 Å². The number of hydrogen-bond acceptors (Lipinski definition) is 5. The van der Waals surface area contributed by atoms with Crippen molar-refractivity contribution < 1.29 is 4.74 Å². The average Bonchev–Trinajstić information content (AvgIpc) is 2.45. The highest BCUT2D eigenvalue weighted by molar-refractivity contribution is 5.34. The minimum atomic E-state index is 0.525. The van der Waals surface area contributed by atoms with Gasteiger partial charge in [0.05, 0.1) is 6.61 Å². The van der Waals surface area contributed by atoms with Crippen LogP contribution in [-0.2, 0) is 13.1 Å². The first-order valence-corrected chi connectivity index (χ1v) is 6.72. The molecule has 1 aromatic carbocycles. The minimum absolute atomic E-state index is 0.525. The summed E-state index contributed by atoms with van der Waals surface area (Å²) in [5, 5.41) is 3.22. The van der Waals surface area contributed by atoms with Gasteiger partial charge in [-0.3, -0.25) is 0 Å². The van der Waals surface area contributed by atoms with E-state index in [4.69, 9.17) is 10.5 Å². The number of anilines is 1. The number of aryl methyl sites for hydroxylation is 1. The van der Waals surface area contributed by atoms with Gasteiger partial charge in [0.2, 0.25) is 11.8 Å². The lowest BCUT2D eigenvalue weighted by Gasteiger charge is -2.10. The van der Waals surface area contributed by atoms with E-state index < -0.39 is 0 Å². The first kappa shape index (κ1) is 14.3. The van der Waals surface area contributed by atoms with Gasteiger partial charge in [-0.1, -0.05) is 24.3 Å². The molecule has 5 heteroatoms. The smallest absolute Gasteiger partial charge is 0.226 e. The van der Waals surface area contributed by atoms with Gasteiger partial charge in [-0.25, -0.2) is 4.98 Å². The Morgan fingerprint density at radius 2 is 1.95 bits per heavy atom. The Hall–Kier alpha value is -2.14. The molecule has 1 aromatic heterocycles. The Morgan fingerprint density at radius 1 is 1.20 bits per heavy atom. The molecule has 0 aliphatic heterocycles. The van der Waals surface area contributed by atoms with E-state index in [-0.39, 0.29) is 0 Å². The highest BCUT2D eigenvalue weighted by Gasteiger charge is 2.04. The monoisotopic (exact) mass is 272 g/mol. The van der Waals surface area contributed by atoms with Gasteiger partial charge in [0.25, 0.3) is 0 Å². The second kappa shape index (κ2) is 6.86. The summed E-state index contributed by atoms with van der Waals surface area (Å²) in [6.07, 6.45) is 0. The first-order valence-electron chi connectivity index (χ1n) is 6.72. The fraction of sp³-hybridized carbons (Fsp3) is 0.333. The molecule has 1 heterocycles. The van der Waals surface area contributed by atoms with Crippen LogP contribution in [-0.4, -0.2) is 16.6 Å². The van der Waals surface area contributed by atoms with Gasteiger partial charge >= 0.3 is 0 Å².